The lowest BCUT2D eigenvalue weighted by Crippen LogP contribution is -2.55. The van der Waals surface area contributed by atoms with Crippen molar-refractivity contribution in [2.24, 2.45) is 57.2 Å². The Bertz CT molecular complexity index is 2610. The van der Waals surface area contributed by atoms with Crippen molar-refractivity contribution >= 4 is 59.7 Å². The minimum Gasteiger partial charge on any atom is -0.458 e. The molecule has 5 aliphatic carbocycles. The van der Waals surface area contributed by atoms with Gasteiger partial charge in [-0.2, -0.15) is 0 Å². The van der Waals surface area contributed by atoms with Gasteiger partial charge in [-0.25, -0.2) is 0 Å². The van der Waals surface area contributed by atoms with Gasteiger partial charge in [-0.15, -0.1) is 0 Å². The minimum absolute atomic E-state index is 0. The summed E-state index contributed by atoms with van der Waals surface area (Å²) in [5, 5.41) is 0. The number of hydrogen-bond acceptors (Lipinski definition) is 20. The Morgan fingerprint density at radius 1 is 0.439 bits per heavy atom. The highest BCUT2D eigenvalue weighted by Crippen LogP contribution is 2.51. The first-order valence-corrected chi connectivity index (χ1v) is 32.9. The molecular weight excluding hydrogens is 1260 g/mol. The van der Waals surface area contributed by atoms with Gasteiger partial charge in [0.25, 0.3) is 0 Å². The van der Waals surface area contributed by atoms with Gasteiger partial charge in [0, 0.05) is 32.1 Å². The second-order valence-corrected chi connectivity index (χ2v) is 30.1. The van der Waals surface area contributed by atoms with E-state index in [2.05, 4.69) is 0 Å². The van der Waals surface area contributed by atoms with Crippen LogP contribution < -0.4 is 0 Å². The highest BCUT2D eigenvalue weighted by Gasteiger charge is 2.62. The van der Waals surface area contributed by atoms with Crippen LogP contribution in [-0.2, 0) is 95.3 Å². The maximum Gasteiger partial charge on any atom is 0.312 e. The summed E-state index contributed by atoms with van der Waals surface area (Å²) in [5.41, 5.74) is -4.56. The molecule has 578 valence electrons. The Morgan fingerprint density at radius 2 is 0.827 bits per heavy atom. The number of esters is 10. The van der Waals surface area contributed by atoms with E-state index in [1.165, 1.54) is 0 Å². The van der Waals surface area contributed by atoms with Crippen LogP contribution in [0.4, 0.5) is 0 Å². The van der Waals surface area contributed by atoms with Gasteiger partial charge in [0.15, 0.2) is 0 Å². The van der Waals surface area contributed by atoms with Gasteiger partial charge in [0.05, 0.1) is 57.2 Å². The fourth-order valence-corrected chi connectivity index (χ4v) is 12.4. The molecule has 0 aromatic carbocycles. The predicted molar refractivity (Wildman–Crippen MR) is 387 cm³/mol. The summed E-state index contributed by atoms with van der Waals surface area (Å²) in [6.07, 6.45) is 13.2. The number of rotatable bonds is 15. The molecule has 5 aliphatic heterocycles. The number of hydrogen-bond donors (Lipinski definition) is 0. The second kappa shape index (κ2) is 39.2. The van der Waals surface area contributed by atoms with Crippen LogP contribution in [-0.4, -0.2) is 119 Å². The zero-order valence-electron chi connectivity index (χ0n) is 56.2. The molecule has 98 heavy (non-hydrogen) atoms. The number of carbonyl (C=O) groups excluding carboxylic acids is 10. The van der Waals surface area contributed by atoms with Gasteiger partial charge in [0.1, 0.15) is 59.0 Å². The van der Waals surface area contributed by atoms with Gasteiger partial charge in [-0.1, -0.05) is 116 Å². The van der Waals surface area contributed by atoms with Crippen molar-refractivity contribution < 1.29 is 95.3 Å². The lowest BCUT2D eigenvalue weighted by Gasteiger charge is -2.45. The largest absolute Gasteiger partial charge is 0.458 e. The third-order valence-corrected chi connectivity index (χ3v) is 21.8. The van der Waals surface area contributed by atoms with E-state index < -0.39 is 44.1 Å². The van der Waals surface area contributed by atoms with Crippen LogP contribution in [0.5, 0.6) is 0 Å². The second-order valence-electron chi connectivity index (χ2n) is 30.1. The van der Waals surface area contributed by atoms with Gasteiger partial charge < -0.3 is 47.4 Å². The van der Waals surface area contributed by atoms with Gasteiger partial charge in [-0.3, -0.25) is 47.9 Å². The van der Waals surface area contributed by atoms with Crippen LogP contribution in [0.2, 0.25) is 0 Å². The molecular formula is C78H146O20. The van der Waals surface area contributed by atoms with Crippen molar-refractivity contribution in [3.63, 3.8) is 0 Å². The third kappa shape index (κ3) is 22.9. The molecule has 10 rings (SSSR count). The van der Waals surface area contributed by atoms with Crippen LogP contribution in [0.25, 0.3) is 0 Å². The van der Waals surface area contributed by atoms with Gasteiger partial charge in [0.2, 0.25) is 0 Å². The minimum atomic E-state index is -0.709. The highest BCUT2D eigenvalue weighted by molar-refractivity contribution is 5.81. The van der Waals surface area contributed by atoms with E-state index >= 15 is 0 Å². The van der Waals surface area contributed by atoms with Crippen molar-refractivity contribution in [3.05, 3.63) is 0 Å². The average molecular weight is 1400 g/mol. The van der Waals surface area contributed by atoms with Crippen LogP contribution in [0.15, 0.2) is 0 Å². The van der Waals surface area contributed by atoms with Crippen molar-refractivity contribution in [1.82, 2.24) is 0 Å². The molecule has 16 unspecified atom stereocenters. The number of ether oxygens (including phenoxy) is 10. The molecule has 0 N–H and O–H groups in total. The van der Waals surface area contributed by atoms with E-state index in [-0.39, 0.29) is 206 Å². The molecule has 5 saturated heterocycles. The summed E-state index contributed by atoms with van der Waals surface area (Å²) in [6, 6.07) is 0. The van der Waals surface area contributed by atoms with E-state index in [0.717, 1.165) is 89.9 Å². The molecule has 0 aromatic rings. The van der Waals surface area contributed by atoms with Crippen molar-refractivity contribution in [2.75, 3.05) is 0 Å². The average Bonchev–Trinajstić information content (AvgIpc) is 1.56. The Kier molecular flexibility index (Phi) is 40.6. The summed E-state index contributed by atoms with van der Waals surface area (Å²) in [7, 11) is 0. The fraction of sp³-hybridized carbons (Fsp3) is 0.872. The van der Waals surface area contributed by atoms with Crippen LogP contribution in [0, 0.1) is 57.2 Å². The third-order valence-electron chi connectivity index (χ3n) is 21.8. The monoisotopic (exact) mass is 1400 g/mol. The first-order valence-electron chi connectivity index (χ1n) is 32.9. The van der Waals surface area contributed by atoms with Crippen LogP contribution >= 0.6 is 0 Å². The summed E-state index contributed by atoms with van der Waals surface area (Å²) < 4.78 is 54.7. The predicted octanol–water partition coefficient (Wildman–Crippen LogP) is 17.8. The van der Waals surface area contributed by atoms with Crippen LogP contribution in [0.3, 0.4) is 0 Å². The molecule has 10 bridgehead atoms. The molecule has 5 heterocycles. The molecule has 0 aromatic heterocycles. The zero-order chi connectivity index (χ0) is 65.9. The maximum absolute atomic E-state index is 12.3. The standard InChI is InChI=1S/C15H24O4.2C14H22O4.C13H20O4.C12H18O4.10CH4/c1-6-13(2,3)12(17)19-14(4)8-7-10-9-15(14,5)18-11(10)16;1-5-13(2,3)12(16)18-14(4)7-6-9-8-10(14)17-11(9)15;1-5-13(2,3)12(16)17-10-7-6-9-8-14(10,4)18-11(9)15;1-4-13(2,3)12(15)17-9-6-5-8-7-10(9)16-11(8)14;1-3-7(2)11(13)15-9-5-4-8-6-10(9)16-12(8)14;;;;;;;;;;/h10H,6-9H2,1-5H3;2*9-10H,5-8H2,1-4H3;8-10H,4-7H2,1-3H3;7-10H,3-6H2,1-2H3;10*1H4. The molecule has 0 spiro atoms. The lowest BCUT2D eigenvalue weighted by molar-refractivity contribution is -0.204. The zero-order valence-corrected chi connectivity index (χ0v) is 56.2. The summed E-state index contributed by atoms with van der Waals surface area (Å²) in [5.74, 6) is -1.60. The van der Waals surface area contributed by atoms with Crippen molar-refractivity contribution in [2.45, 2.75) is 386 Å². The van der Waals surface area contributed by atoms with E-state index in [1.54, 1.807) is 0 Å². The number of carbonyl (C=O) groups is 10. The quantitative estimate of drug-likeness (QED) is 0.109. The molecule has 10 aliphatic rings. The Labute approximate surface area is 596 Å². The van der Waals surface area contributed by atoms with E-state index in [0.29, 0.717) is 38.5 Å². The molecule has 5 saturated carbocycles. The van der Waals surface area contributed by atoms with Gasteiger partial charge in [-0.05, 0) is 179 Å². The maximum atomic E-state index is 12.3. The van der Waals surface area contributed by atoms with E-state index in [9.17, 15) is 47.9 Å². The van der Waals surface area contributed by atoms with Gasteiger partial charge >= 0.3 is 59.7 Å². The molecule has 0 radical (unpaired) electrons. The summed E-state index contributed by atoms with van der Waals surface area (Å²) in [4.78, 5) is 118. The highest BCUT2D eigenvalue weighted by atomic mass is 16.6. The molecule has 0 amide bonds. The normalized spacial score (nSPS) is 31.5. The topological polar surface area (TPSA) is 263 Å². The smallest absolute Gasteiger partial charge is 0.312 e. The lowest BCUT2D eigenvalue weighted by atomic mass is 9.71. The molecule has 10 fully saturated rings. The van der Waals surface area contributed by atoms with E-state index in [1.807, 2.05) is 125 Å². The fourth-order valence-electron chi connectivity index (χ4n) is 12.4. The first kappa shape index (κ1) is 101. The summed E-state index contributed by atoms with van der Waals surface area (Å²) >= 11 is 0. The van der Waals surface area contributed by atoms with Crippen molar-refractivity contribution in [1.29, 1.82) is 0 Å². The van der Waals surface area contributed by atoms with Crippen molar-refractivity contribution in [3.8, 4) is 0 Å². The molecule has 20 nitrogen and oxygen atoms in total. The molecule has 16 atom stereocenters. The van der Waals surface area contributed by atoms with Crippen LogP contribution in [0.1, 0.15) is 327 Å². The number of fused-ring (bicyclic) bond motifs is 10. The summed E-state index contributed by atoms with van der Waals surface area (Å²) in [6.45, 7) is 34.3. The Morgan fingerprint density at radius 3 is 1.30 bits per heavy atom. The first-order chi connectivity index (χ1) is 40.7. The Hall–Kier alpha value is -5.30. The Balaban J connectivity index is -0.000000359. The SMILES string of the molecule is C.C.C.C.C.C.C.C.C.C.CCC(C)(C)C(=O)OC1(C)CCC2CC1(C)OC2=O.CCC(C)(C)C(=O)OC1(C)CCC2CC1OC2=O.CCC(C)(C)C(=O)OC1CCC2CC1(C)OC2=O.CCC(C)(C)C(=O)OC1CCC2CC1OC2=O.CCC(C)C(=O)OC1CCC2CC1OC2=O. The molecule has 20 heteroatoms. The van der Waals surface area contributed by atoms with E-state index in [4.69, 9.17) is 47.4 Å².